The number of alkyl carbamates (subject to hydrolysis) is 1. The van der Waals surface area contributed by atoms with Crippen molar-refractivity contribution in [1.29, 1.82) is 0 Å². The molecule has 0 saturated carbocycles. The molecule has 6 rings (SSSR count). The minimum absolute atomic E-state index is 0.156. The van der Waals surface area contributed by atoms with Gasteiger partial charge in [0, 0.05) is 17.8 Å². The maximum absolute atomic E-state index is 14.4. The number of β-lactam (4-membered cyclic amide) rings is 1. The van der Waals surface area contributed by atoms with Crippen LogP contribution in [0.1, 0.15) is 65.2 Å². The van der Waals surface area contributed by atoms with Gasteiger partial charge in [-0.1, -0.05) is 60.7 Å². The van der Waals surface area contributed by atoms with Crippen molar-refractivity contribution >= 4 is 46.5 Å². The van der Waals surface area contributed by atoms with Crippen LogP contribution in [0.4, 0.5) is 15.3 Å². The summed E-state index contributed by atoms with van der Waals surface area (Å²) in [4.78, 5) is 69.4. The largest absolute Gasteiger partial charge is 0.514 e. The van der Waals surface area contributed by atoms with Crippen molar-refractivity contribution in [3.8, 4) is 5.75 Å². The van der Waals surface area contributed by atoms with E-state index in [0.717, 1.165) is 4.90 Å². The van der Waals surface area contributed by atoms with Crippen molar-refractivity contribution in [2.75, 3.05) is 17.2 Å². The second-order valence-electron chi connectivity index (χ2n) is 15.2. The van der Waals surface area contributed by atoms with Crippen LogP contribution in [0.15, 0.2) is 108 Å². The van der Waals surface area contributed by atoms with E-state index in [1.54, 1.807) is 65.8 Å². The molecular formula is C41H43N3O10S. The molecule has 55 heavy (non-hydrogen) atoms. The lowest BCUT2D eigenvalue weighted by molar-refractivity contribution is -0.153. The summed E-state index contributed by atoms with van der Waals surface area (Å²) < 4.78 is 35.8. The Morgan fingerprint density at radius 3 is 1.98 bits per heavy atom. The van der Waals surface area contributed by atoms with Crippen LogP contribution in [0.25, 0.3) is 0 Å². The van der Waals surface area contributed by atoms with Gasteiger partial charge in [-0.25, -0.2) is 14.4 Å². The monoisotopic (exact) mass is 769 g/mol. The molecule has 0 spiro atoms. The van der Waals surface area contributed by atoms with Gasteiger partial charge in [0.1, 0.15) is 34.1 Å². The van der Waals surface area contributed by atoms with E-state index in [0.29, 0.717) is 28.9 Å². The van der Waals surface area contributed by atoms with Gasteiger partial charge in [-0.2, -0.15) is 0 Å². The average molecular weight is 770 g/mol. The lowest BCUT2D eigenvalue weighted by atomic mass is 10.00. The molecule has 3 aromatic carbocycles. The fraction of sp³-hybridized carbons (Fsp3) is 0.341. The van der Waals surface area contributed by atoms with Crippen molar-refractivity contribution in [3.63, 3.8) is 0 Å². The lowest BCUT2D eigenvalue weighted by Crippen LogP contribution is -2.73. The van der Waals surface area contributed by atoms with Crippen LogP contribution in [-0.4, -0.2) is 74.1 Å². The SMILES string of the molecule is CC(C)(C)OC(=O)N[C@@H]1C(=O)N2C(C(=O)OC(c3ccccc3)c3ccccc3)=C(C=C3CCN(c4ccc(OC(=O)OC(C)(C)C)cc4)C3=O)C[S@](=O)[C@H]12. The number of amides is 3. The second kappa shape index (κ2) is 15.5. The smallest absolute Gasteiger partial charge is 0.448 e. The van der Waals surface area contributed by atoms with Crippen molar-refractivity contribution < 1.29 is 47.1 Å². The van der Waals surface area contributed by atoms with Gasteiger partial charge < -0.3 is 29.2 Å². The van der Waals surface area contributed by atoms with Crippen LogP contribution < -0.4 is 15.0 Å². The number of ether oxygens (including phenoxy) is 4. The van der Waals surface area contributed by atoms with Crippen LogP contribution in [0.3, 0.4) is 0 Å². The van der Waals surface area contributed by atoms with Gasteiger partial charge in [-0.05, 0) is 95.0 Å². The molecule has 14 heteroatoms. The minimum Gasteiger partial charge on any atom is -0.448 e. The fourth-order valence-corrected chi connectivity index (χ4v) is 7.98. The summed E-state index contributed by atoms with van der Waals surface area (Å²) in [5.41, 5.74) is 0.678. The van der Waals surface area contributed by atoms with Crippen LogP contribution in [0, 0.1) is 0 Å². The Hall–Kier alpha value is -5.76. The molecule has 2 fully saturated rings. The molecule has 3 aliphatic heterocycles. The quantitative estimate of drug-likeness (QED) is 0.0937. The number of rotatable bonds is 8. The first-order valence-electron chi connectivity index (χ1n) is 17.8. The number of carbonyl (C=O) groups is 5. The highest BCUT2D eigenvalue weighted by atomic mass is 32.2. The highest BCUT2D eigenvalue weighted by molar-refractivity contribution is 7.86. The molecule has 0 aromatic heterocycles. The topological polar surface area (TPSA) is 158 Å². The number of nitrogens with one attached hydrogen (secondary N) is 1. The third-order valence-corrected chi connectivity index (χ3v) is 10.3. The number of allylic oxidation sites excluding steroid dienone is 1. The number of esters is 1. The molecule has 0 unspecified atom stereocenters. The van der Waals surface area contributed by atoms with Crippen LogP contribution in [0.5, 0.6) is 5.75 Å². The number of hydrogen-bond acceptors (Lipinski definition) is 10. The molecule has 2 saturated heterocycles. The standard InChI is InChI=1S/C41H43N3O10S/c1-40(2,3)53-38(48)42-31-35(46)44-32(37(47)52-33(25-13-9-7-10-14-25)26-15-11-8-12-16-26)28(24-55(50)36(31)44)23-27-21-22-43(34(27)45)29-17-19-30(20-18-29)51-39(49)54-41(4,5)6/h7-20,23,31,33,36H,21-22,24H2,1-6H3,(H,42,48)/t31-,36-,55+/m1/s1. The van der Waals surface area contributed by atoms with E-state index >= 15 is 0 Å². The molecule has 0 bridgehead atoms. The summed E-state index contributed by atoms with van der Waals surface area (Å²) in [5, 5.41) is 1.44. The number of benzene rings is 3. The van der Waals surface area contributed by atoms with Gasteiger partial charge in [0.15, 0.2) is 6.10 Å². The zero-order valence-corrected chi connectivity index (χ0v) is 32.2. The Balaban J connectivity index is 1.31. The normalized spacial score (nSPS) is 20.6. The van der Waals surface area contributed by atoms with Crippen LogP contribution in [0.2, 0.25) is 0 Å². The van der Waals surface area contributed by atoms with Crippen molar-refractivity contribution in [2.24, 2.45) is 0 Å². The number of anilines is 1. The van der Waals surface area contributed by atoms with Crippen molar-refractivity contribution in [1.82, 2.24) is 10.2 Å². The third-order valence-electron chi connectivity index (χ3n) is 8.66. The predicted molar refractivity (Wildman–Crippen MR) is 203 cm³/mol. The van der Waals surface area contributed by atoms with E-state index in [9.17, 15) is 28.2 Å². The molecule has 13 nitrogen and oxygen atoms in total. The Bertz CT molecular complexity index is 2030. The molecule has 288 valence electrons. The summed E-state index contributed by atoms with van der Waals surface area (Å²) in [6, 6.07) is 23.4. The fourth-order valence-electron chi connectivity index (χ4n) is 6.35. The first-order chi connectivity index (χ1) is 26.0. The maximum atomic E-state index is 14.4. The summed E-state index contributed by atoms with van der Waals surface area (Å²) in [6.45, 7) is 10.5. The molecule has 3 amide bonds. The summed E-state index contributed by atoms with van der Waals surface area (Å²) in [7, 11) is -1.79. The molecule has 0 aliphatic carbocycles. The average Bonchev–Trinajstić information content (AvgIpc) is 3.47. The Morgan fingerprint density at radius 1 is 0.836 bits per heavy atom. The second-order valence-corrected chi connectivity index (χ2v) is 16.7. The minimum atomic E-state index is -1.79. The van der Waals surface area contributed by atoms with Gasteiger partial charge >= 0.3 is 18.2 Å². The molecule has 3 aromatic rings. The van der Waals surface area contributed by atoms with E-state index in [1.165, 1.54) is 11.0 Å². The van der Waals surface area contributed by atoms with Gasteiger partial charge in [0.2, 0.25) is 0 Å². The first-order valence-corrected chi connectivity index (χ1v) is 19.1. The summed E-state index contributed by atoms with van der Waals surface area (Å²) in [5.74, 6) is -1.86. The zero-order valence-electron chi connectivity index (χ0n) is 31.4. The Kier molecular flexibility index (Phi) is 11.0. The number of fused-ring (bicyclic) bond motifs is 1. The van der Waals surface area contributed by atoms with Gasteiger partial charge in [0.05, 0.1) is 16.6 Å². The zero-order chi connectivity index (χ0) is 39.7. The van der Waals surface area contributed by atoms with Gasteiger partial charge in [-0.3, -0.25) is 18.7 Å². The number of carbonyl (C=O) groups excluding carboxylic acids is 5. The van der Waals surface area contributed by atoms with E-state index in [4.69, 9.17) is 18.9 Å². The number of hydrogen-bond donors (Lipinski definition) is 1. The maximum Gasteiger partial charge on any atom is 0.514 e. The predicted octanol–water partition coefficient (Wildman–Crippen LogP) is 6.07. The van der Waals surface area contributed by atoms with Crippen molar-refractivity contribution in [2.45, 2.75) is 76.7 Å². The highest BCUT2D eigenvalue weighted by Crippen LogP contribution is 2.39. The first kappa shape index (κ1) is 38.9. The van der Waals surface area contributed by atoms with Crippen molar-refractivity contribution in [3.05, 3.63) is 119 Å². The Morgan fingerprint density at radius 2 is 1.42 bits per heavy atom. The molecule has 3 heterocycles. The van der Waals surface area contributed by atoms with E-state index in [2.05, 4.69) is 5.32 Å². The Labute approximate surface area is 321 Å². The molecule has 3 atom stereocenters. The van der Waals surface area contributed by atoms with Crippen LogP contribution in [-0.2, 0) is 39.4 Å². The lowest BCUT2D eigenvalue weighted by Gasteiger charge is -2.49. The summed E-state index contributed by atoms with van der Waals surface area (Å²) in [6.07, 6.45) is -0.791. The molecule has 0 radical (unpaired) electrons. The molecule has 1 N–H and O–H groups in total. The van der Waals surface area contributed by atoms with E-state index < -0.39 is 63.6 Å². The van der Waals surface area contributed by atoms with Gasteiger partial charge in [-0.15, -0.1) is 0 Å². The third kappa shape index (κ3) is 8.97. The number of nitrogens with zero attached hydrogens (tertiary/aromatic N) is 2. The highest BCUT2D eigenvalue weighted by Gasteiger charge is 2.58. The van der Waals surface area contributed by atoms with Crippen LogP contribution >= 0.6 is 0 Å². The summed E-state index contributed by atoms with van der Waals surface area (Å²) >= 11 is 0. The van der Waals surface area contributed by atoms with E-state index in [-0.39, 0.29) is 35.1 Å². The molecular weight excluding hydrogens is 727 g/mol. The molecule has 3 aliphatic rings. The van der Waals surface area contributed by atoms with Gasteiger partial charge in [0.25, 0.3) is 11.8 Å². The van der Waals surface area contributed by atoms with E-state index in [1.807, 2.05) is 60.7 Å².